The number of ether oxygens (including phenoxy) is 2. The van der Waals surface area contributed by atoms with Crippen molar-refractivity contribution in [1.29, 1.82) is 0 Å². The van der Waals surface area contributed by atoms with Crippen molar-refractivity contribution >= 4 is 17.5 Å². The average molecular weight is 349 g/mol. The number of hydrogen-bond donors (Lipinski definition) is 1. The minimum absolute atomic E-state index is 0.0501. The first kappa shape index (κ1) is 18.1. The molecule has 0 fully saturated rings. The predicted molar refractivity (Wildman–Crippen MR) is 90.6 cm³/mol. The van der Waals surface area contributed by atoms with Crippen LogP contribution in [0.4, 0.5) is 0 Å². The standard InChI is InChI=1S/C17H19NO5S/c1-12(19)13-6-7-15(16(9-13)22-2)23-10-14(20)11-24-17-5-3-4-8-18(17)21/h3-9,14,20H,10-11H2,1-2H3. The van der Waals surface area contributed by atoms with Gasteiger partial charge in [0.2, 0.25) is 0 Å². The van der Waals surface area contributed by atoms with Gasteiger partial charge in [0, 0.05) is 23.4 Å². The van der Waals surface area contributed by atoms with Crippen molar-refractivity contribution in [1.82, 2.24) is 0 Å². The van der Waals surface area contributed by atoms with Crippen molar-refractivity contribution < 1.29 is 24.1 Å². The summed E-state index contributed by atoms with van der Waals surface area (Å²) in [6, 6.07) is 9.98. The van der Waals surface area contributed by atoms with Gasteiger partial charge in [-0.15, -0.1) is 0 Å². The summed E-state index contributed by atoms with van der Waals surface area (Å²) in [4.78, 5) is 11.4. The van der Waals surface area contributed by atoms with E-state index in [0.29, 0.717) is 27.8 Å². The zero-order valence-corrected chi connectivity index (χ0v) is 14.3. The Morgan fingerprint density at radius 3 is 2.79 bits per heavy atom. The van der Waals surface area contributed by atoms with E-state index in [9.17, 15) is 15.1 Å². The molecule has 0 bridgehead atoms. The number of rotatable bonds is 8. The van der Waals surface area contributed by atoms with Gasteiger partial charge in [-0.3, -0.25) is 4.79 Å². The monoisotopic (exact) mass is 349 g/mol. The molecule has 0 aliphatic carbocycles. The molecule has 24 heavy (non-hydrogen) atoms. The van der Waals surface area contributed by atoms with Crippen LogP contribution in [0, 0.1) is 5.21 Å². The van der Waals surface area contributed by atoms with Crippen LogP contribution < -0.4 is 14.2 Å². The second-order valence-corrected chi connectivity index (χ2v) is 6.10. The number of aromatic nitrogens is 1. The Balaban J connectivity index is 1.90. The SMILES string of the molecule is COc1cc(C(C)=O)ccc1OCC(O)CSc1cccc[n+]1[O-]. The Labute approximate surface area is 144 Å². The summed E-state index contributed by atoms with van der Waals surface area (Å²) in [6.45, 7) is 1.52. The molecule has 1 heterocycles. The molecule has 0 aliphatic heterocycles. The maximum Gasteiger partial charge on any atom is 0.251 e. The molecule has 0 radical (unpaired) electrons. The van der Waals surface area contributed by atoms with Gasteiger partial charge >= 0.3 is 0 Å². The lowest BCUT2D eigenvalue weighted by molar-refractivity contribution is -0.645. The summed E-state index contributed by atoms with van der Waals surface area (Å²) in [5.74, 6) is 1.14. The van der Waals surface area contributed by atoms with Gasteiger partial charge in [-0.05, 0) is 31.2 Å². The molecule has 0 saturated heterocycles. The van der Waals surface area contributed by atoms with Gasteiger partial charge in [0.25, 0.3) is 5.03 Å². The number of methoxy groups -OCH3 is 1. The molecular weight excluding hydrogens is 330 g/mol. The average Bonchev–Trinajstić information content (AvgIpc) is 2.58. The first-order chi connectivity index (χ1) is 11.5. The first-order valence-electron chi connectivity index (χ1n) is 7.32. The van der Waals surface area contributed by atoms with Gasteiger partial charge in [0.05, 0.1) is 13.2 Å². The second kappa shape index (κ2) is 8.56. The highest BCUT2D eigenvalue weighted by atomic mass is 32.2. The summed E-state index contributed by atoms with van der Waals surface area (Å²) in [5, 5.41) is 22.1. The van der Waals surface area contributed by atoms with Crippen LogP contribution in [0.1, 0.15) is 17.3 Å². The van der Waals surface area contributed by atoms with E-state index < -0.39 is 6.10 Å². The molecule has 1 aromatic heterocycles. The second-order valence-electron chi connectivity index (χ2n) is 5.06. The molecule has 2 rings (SSSR count). The fraction of sp³-hybridized carbons (Fsp3) is 0.294. The van der Waals surface area contributed by atoms with Gasteiger partial charge in [-0.2, -0.15) is 4.73 Å². The van der Waals surface area contributed by atoms with Crippen molar-refractivity contribution in [2.75, 3.05) is 19.5 Å². The lowest BCUT2D eigenvalue weighted by atomic mass is 10.1. The number of thioether (sulfide) groups is 1. The van der Waals surface area contributed by atoms with E-state index in [1.165, 1.54) is 32.0 Å². The van der Waals surface area contributed by atoms with Crippen molar-refractivity contribution in [3.8, 4) is 11.5 Å². The number of Topliss-reactive ketones (excluding diaryl/α,β-unsaturated/α-hetero) is 1. The van der Waals surface area contributed by atoms with Crippen molar-refractivity contribution in [3.05, 3.63) is 53.4 Å². The van der Waals surface area contributed by atoms with Crippen LogP contribution >= 0.6 is 11.8 Å². The molecule has 128 valence electrons. The Kier molecular flexibility index (Phi) is 6.45. The number of nitrogens with zero attached hydrogens (tertiary/aromatic N) is 1. The highest BCUT2D eigenvalue weighted by Crippen LogP contribution is 2.28. The summed E-state index contributed by atoms with van der Waals surface area (Å²) in [7, 11) is 1.49. The number of pyridine rings is 1. The van der Waals surface area contributed by atoms with E-state index in [1.807, 2.05) is 0 Å². The molecule has 0 amide bonds. The number of carbonyl (C=O) groups excluding carboxylic acids is 1. The number of carbonyl (C=O) groups is 1. The molecule has 1 aromatic carbocycles. The van der Waals surface area contributed by atoms with Crippen LogP contribution in [0.15, 0.2) is 47.6 Å². The van der Waals surface area contributed by atoms with E-state index in [-0.39, 0.29) is 12.4 Å². The highest BCUT2D eigenvalue weighted by molar-refractivity contribution is 7.99. The third kappa shape index (κ3) is 4.87. The maximum absolute atomic E-state index is 11.5. The Bertz CT molecular complexity index is 707. The third-order valence-corrected chi connectivity index (χ3v) is 4.38. The van der Waals surface area contributed by atoms with E-state index in [1.54, 1.807) is 36.4 Å². The van der Waals surface area contributed by atoms with Gasteiger partial charge in [0.15, 0.2) is 23.5 Å². The smallest absolute Gasteiger partial charge is 0.251 e. The topological polar surface area (TPSA) is 82.7 Å². The molecule has 2 aromatic rings. The third-order valence-electron chi connectivity index (χ3n) is 3.21. The fourth-order valence-corrected chi connectivity index (χ4v) is 2.77. The molecule has 0 saturated carbocycles. The van der Waals surface area contributed by atoms with Crippen LogP contribution in [0.5, 0.6) is 11.5 Å². The minimum Gasteiger partial charge on any atom is -0.618 e. The maximum atomic E-state index is 11.5. The van der Waals surface area contributed by atoms with Gasteiger partial charge in [0.1, 0.15) is 6.61 Å². The highest BCUT2D eigenvalue weighted by Gasteiger charge is 2.13. The molecule has 7 heteroatoms. The zero-order chi connectivity index (χ0) is 17.5. The summed E-state index contributed by atoms with van der Waals surface area (Å²) >= 11 is 1.25. The lowest BCUT2D eigenvalue weighted by Gasteiger charge is -2.14. The van der Waals surface area contributed by atoms with Crippen molar-refractivity contribution in [2.45, 2.75) is 18.1 Å². The van der Waals surface area contributed by atoms with Crippen LogP contribution in [-0.4, -0.2) is 36.5 Å². The number of ketones is 1. The van der Waals surface area contributed by atoms with E-state index >= 15 is 0 Å². The van der Waals surface area contributed by atoms with Crippen LogP contribution in [0.25, 0.3) is 0 Å². The summed E-state index contributed by atoms with van der Waals surface area (Å²) in [6.07, 6.45) is 0.652. The number of aliphatic hydroxyl groups is 1. The molecule has 0 aliphatic rings. The summed E-state index contributed by atoms with van der Waals surface area (Å²) < 4.78 is 11.5. The van der Waals surface area contributed by atoms with Gasteiger partial charge < -0.3 is 19.8 Å². The predicted octanol–water partition coefficient (Wildman–Crippen LogP) is 2.06. The van der Waals surface area contributed by atoms with Crippen LogP contribution in [0.2, 0.25) is 0 Å². The van der Waals surface area contributed by atoms with E-state index in [4.69, 9.17) is 9.47 Å². The molecule has 1 atom stereocenters. The molecular formula is C17H19NO5S. The van der Waals surface area contributed by atoms with Crippen LogP contribution in [0.3, 0.4) is 0 Å². The Hall–Kier alpha value is -2.25. The number of aliphatic hydroxyl groups excluding tert-OH is 1. The number of benzene rings is 1. The quantitative estimate of drug-likeness (QED) is 0.340. The first-order valence-corrected chi connectivity index (χ1v) is 8.30. The zero-order valence-electron chi connectivity index (χ0n) is 13.5. The molecule has 1 N–H and O–H groups in total. The van der Waals surface area contributed by atoms with Gasteiger partial charge in [-0.1, -0.05) is 11.8 Å². The van der Waals surface area contributed by atoms with Gasteiger partial charge in [-0.25, -0.2) is 0 Å². The Morgan fingerprint density at radius 1 is 1.33 bits per heavy atom. The normalized spacial score (nSPS) is 11.8. The van der Waals surface area contributed by atoms with E-state index in [0.717, 1.165) is 4.73 Å². The van der Waals surface area contributed by atoms with Crippen LogP contribution in [-0.2, 0) is 0 Å². The van der Waals surface area contributed by atoms with E-state index in [2.05, 4.69) is 0 Å². The molecule has 6 nitrogen and oxygen atoms in total. The van der Waals surface area contributed by atoms with Crippen molar-refractivity contribution in [2.24, 2.45) is 0 Å². The molecule has 1 unspecified atom stereocenters. The number of hydrogen-bond acceptors (Lipinski definition) is 6. The largest absolute Gasteiger partial charge is 0.618 e. The summed E-state index contributed by atoms with van der Waals surface area (Å²) in [5.41, 5.74) is 0.527. The van der Waals surface area contributed by atoms with Crippen molar-refractivity contribution in [3.63, 3.8) is 0 Å². The Morgan fingerprint density at radius 2 is 2.12 bits per heavy atom. The fourth-order valence-electron chi connectivity index (χ4n) is 1.95. The lowest BCUT2D eigenvalue weighted by Crippen LogP contribution is -2.29. The molecule has 0 spiro atoms. The minimum atomic E-state index is -0.757.